The van der Waals surface area contributed by atoms with Crippen molar-refractivity contribution in [2.24, 2.45) is 11.7 Å². The van der Waals surface area contributed by atoms with Crippen LogP contribution in [0.2, 0.25) is 0 Å². The molecule has 2 atom stereocenters. The number of H-pyrrole nitrogens is 1. The van der Waals surface area contributed by atoms with E-state index in [-0.39, 0.29) is 17.7 Å². The van der Waals surface area contributed by atoms with E-state index in [0.717, 1.165) is 34.3 Å². The first kappa shape index (κ1) is 22.7. The maximum Gasteiger partial charge on any atom is 0.241 e. The molecule has 6 nitrogen and oxygen atoms in total. The largest absolute Gasteiger partial charge is 0.493 e. The van der Waals surface area contributed by atoms with Crippen LogP contribution in [0.3, 0.4) is 0 Å². The number of nitrogens with one attached hydrogen (secondary N) is 2. The van der Waals surface area contributed by atoms with Gasteiger partial charge in [0.2, 0.25) is 5.91 Å². The summed E-state index contributed by atoms with van der Waals surface area (Å²) < 4.78 is 10.9. The van der Waals surface area contributed by atoms with Gasteiger partial charge in [-0.15, -0.1) is 0 Å². The maximum atomic E-state index is 12.6. The Hall–Kier alpha value is -2.99. The van der Waals surface area contributed by atoms with E-state index in [2.05, 4.69) is 24.1 Å². The Morgan fingerprint density at radius 1 is 1.06 bits per heavy atom. The molecule has 4 N–H and O–H groups in total. The second-order valence-corrected chi connectivity index (χ2v) is 8.30. The van der Waals surface area contributed by atoms with Crippen molar-refractivity contribution in [1.82, 2.24) is 4.98 Å². The van der Waals surface area contributed by atoms with Gasteiger partial charge in [-0.25, -0.2) is 0 Å². The molecule has 3 rings (SSSR count). The van der Waals surface area contributed by atoms with Gasteiger partial charge >= 0.3 is 0 Å². The quantitative estimate of drug-likeness (QED) is 0.459. The first-order valence-electron chi connectivity index (χ1n) is 10.7. The Labute approximate surface area is 184 Å². The van der Waals surface area contributed by atoms with Crippen LogP contribution in [-0.2, 0) is 4.79 Å². The monoisotopic (exact) mass is 423 g/mol. The number of aromatic amines is 1. The molecule has 2 unspecified atom stereocenters. The van der Waals surface area contributed by atoms with Gasteiger partial charge in [0.05, 0.1) is 26.0 Å². The van der Waals surface area contributed by atoms with Crippen molar-refractivity contribution in [3.8, 4) is 22.8 Å². The lowest BCUT2D eigenvalue weighted by atomic mass is 9.95. The van der Waals surface area contributed by atoms with E-state index in [1.54, 1.807) is 14.2 Å². The fraction of sp³-hybridized carbons (Fsp3) is 0.400. The van der Waals surface area contributed by atoms with Gasteiger partial charge in [-0.1, -0.05) is 34.1 Å². The average molecular weight is 424 g/mol. The third kappa shape index (κ3) is 4.54. The molecule has 31 heavy (non-hydrogen) atoms. The van der Waals surface area contributed by atoms with Crippen LogP contribution in [0.5, 0.6) is 11.5 Å². The Balaban J connectivity index is 2.04. The number of fused-ring (bicyclic) bond motifs is 1. The second kappa shape index (κ2) is 9.43. The van der Waals surface area contributed by atoms with Gasteiger partial charge in [0.1, 0.15) is 0 Å². The molecule has 0 aliphatic carbocycles. The topological polar surface area (TPSA) is 89.4 Å². The van der Waals surface area contributed by atoms with Crippen molar-refractivity contribution in [2.45, 2.75) is 46.1 Å². The highest BCUT2D eigenvalue weighted by atomic mass is 16.5. The lowest BCUT2D eigenvalue weighted by molar-refractivity contribution is -0.118. The van der Waals surface area contributed by atoms with Gasteiger partial charge in [-0.2, -0.15) is 0 Å². The number of hydrogen-bond donors (Lipinski definition) is 3. The number of amides is 1. The molecule has 0 radical (unpaired) electrons. The molecule has 0 fully saturated rings. The Morgan fingerprint density at radius 2 is 1.77 bits per heavy atom. The van der Waals surface area contributed by atoms with E-state index in [9.17, 15) is 4.79 Å². The van der Waals surface area contributed by atoms with E-state index in [1.807, 2.05) is 50.2 Å². The summed E-state index contributed by atoms with van der Waals surface area (Å²) in [6.07, 6.45) is 0.859. The van der Waals surface area contributed by atoms with Crippen molar-refractivity contribution in [2.75, 3.05) is 19.5 Å². The molecule has 0 saturated carbocycles. The number of ether oxygens (including phenoxy) is 2. The Bertz CT molecular complexity index is 1070. The standard InChI is InChI=1S/C25H33N3O3/c1-7-15(4)23(26)25(29)27-17-9-10-19-18(13-17)22(14(2)3)24(28-19)16-8-11-20(30-5)21(12-16)31-6/h8-15,23,28H,7,26H2,1-6H3,(H,27,29). The van der Waals surface area contributed by atoms with Crippen LogP contribution >= 0.6 is 0 Å². The summed E-state index contributed by atoms with van der Waals surface area (Å²) in [5, 5.41) is 4.06. The molecule has 0 bridgehead atoms. The number of methoxy groups -OCH3 is 2. The van der Waals surface area contributed by atoms with Gasteiger partial charge in [0.25, 0.3) is 0 Å². The average Bonchev–Trinajstić information content (AvgIpc) is 3.16. The molecular weight excluding hydrogens is 390 g/mol. The Morgan fingerprint density at radius 3 is 2.39 bits per heavy atom. The number of benzene rings is 2. The van der Waals surface area contributed by atoms with Gasteiger partial charge in [0.15, 0.2) is 11.5 Å². The van der Waals surface area contributed by atoms with E-state index in [1.165, 1.54) is 5.56 Å². The molecule has 0 aliphatic heterocycles. The molecule has 2 aromatic carbocycles. The molecule has 6 heteroatoms. The zero-order valence-corrected chi connectivity index (χ0v) is 19.2. The normalized spacial score (nSPS) is 13.3. The molecule has 1 amide bonds. The molecule has 0 aliphatic rings. The highest BCUT2D eigenvalue weighted by Gasteiger charge is 2.21. The van der Waals surface area contributed by atoms with Gasteiger partial charge in [0, 0.05) is 22.2 Å². The smallest absolute Gasteiger partial charge is 0.241 e. The minimum Gasteiger partial charge on any atom is -0.493 e. The summed E-state index contributed by atoms with van der Waals surface area (Å²) in [7, 11) is 3.26. The number of carbonyl (C=O) groups is 1. The third-order valence-electron chi connectivity index (χ3n) is 5.92. The number of nitrogens with two attached hydrogens (primary N) is 1. The number of anilines is 1. The van der Waals surface area contributed by atoms with E-state index in [0.29, 0.717) is 11.5 Å². The zero-order valence-electron chi connectivity index (χ0n) is 19.2. The molecule has 0 saturated heterocycles. The van der Waals surface area contributed by atoms with Crippen molar-refractivity contribution < 1.29 is 14.3 Å². The first-order valence-corrected chi connectivity index (χ1v) is 10.7. The minimum atomic E-state index is -0.529. The number of hydrogen-bond acceptors (Lipinski definition) is 4. The summed E-state index contributed by atoms with van der Waals surface area (Å²) in [5.41, 5.74) is 11.1. The molecule has 3 aromatic rings. The highest BCUT2D eigenvalue weighted by Crippen LogP contribution is 2.39. The highest BCUT2D eigenvalue weighted by molar-refractivity contribution is 5.99. The molecule has 0 spiro atoms. The lowest BCUT2D eigenvalue weighted by Gasteiger charge is -2.18. The van der Waals surface area contributed by atoms with Crippen molar-refractivity contribution in [1.29, 1.82) is 0 Å². The third-order valence-corrected chi connectivity index (χ3v) is 5.92. The Kier molecular flexibility index (Phi) is 6.91. The molecule has 1 heterocycles. The molecule has 166 valence electrons. The summed E-state index contributed by atoms with van der Waals surface area (Å²) in [6.45, 7) is 8.36. The van der Waals surface area contributed by atoms with E-state index < -0.39 is 6.04 Å². The fourth-order valence-electron chi connectivity index (χ4n) is 3.85. The van der Waals surface area contributed by atoms with Crippen molar-refractivity contribution >= 4 is 22.5 Å². The number of rotatable bonds is 8. The molecule has 1 aromatic heterocycles. The van der Waals surface area contributed by atoms with E-state index in [4.69, 9.17) is 15.2 Å². The lowest BCUT2D eigenvalue weighted by Crippen LogP contribution is -2.40. The van der Waals surface area contributed by atoms with Crippen LogP contribution in [-0.4, -0.2) is 31.2 Å². The summed E-state index contributed by atoms with van der Waals surface area (Å²) >= 11 is 0. The van der Waals surface area contributed by atoms with Gasteiger partial charge < -0.3 is 25.5 Å². The van der Waals surface area contributed by atoms with Crippen LogP contribution in [0.4, 0.5) is 5.69 Å². The predicted molar refractivity (Wildman–Crippen MR) is 127 cm³/mol. The first-order chi connectivity index (χ1) is 14.8. The zero-order chi connectivity index (χ0) is 22.7. The van der Waals surface area contributed by atoms with Crippen LogP contribution in [0.25, 0.3) is 22.2 Å². The van der Waals surface area contributed by atoms with Crippen LogP contribution < -0.4 is 20.5 Å². The predicted octanol–water partition coefficient (Wildman–Crippen LogP) is 5.29. The molecular formula is C25H33N3O3. The van der Waals surface area contributed by atoms with Crippen LogP contribution in [0.1, 0.15) is 45.6 Å². The number of aromatic nitrogens is 1. The van der Waals surface area contributed by atoms with E-state index >= 15 is 0 Å². The minimum absolute atomic E-state index is 0.124. The van der Waals surface area contributed by atoms with Crippen molar-refractivity contribution in [3.05, 3.63) is 42.0 Å². The fourth-order valence-corrected chi connectivity index (χ4v) is 3.85. The van der Waals surface area contributed by atoms with Crippen molar-refractivity contribution in [3.63, 3.8) is 0 Å². The number of carbonyl (C=O) groups excluding carboxylic acids is 1. The summed E-state index contributed by atoms with van der Waals surface area (Å²) in [6, 6.07) is 11.3. The van der Waals surface area contributed by atoms with Gasteiger partial charge in [-0.3, -0.25) is 4.79 Å². The maximum absolute atomic E-state index is 12.6. The summed E-state index contributed by atoms with van der Waals surface area (Å²) in [4.78, 5) is 16.1. The SMILES string of the molecule is CCC(C)C(N)C(=O)Nc1ccc2[nH]c(-c3ccc(OC)c(OC)c3)c(C(C)C)c2c1. The summed E-state index contributed by atoms with van der Waals surface area (Å²) in [5.74, 6) is 1.61. The van der Waals surface area contributed by atoms with Crippen LogP contribution in [0.15, 0.2) is 36.4 Å². The van der Waals surface area contributed by atoms with Crippen LogP contribution in [0, 0.1) is 5.92 Å². The second-order valence-electron chi connectivity index (χ2n) is 8.30. The van der Waals surface area contributed by atoms with Gasteiger partial charge in [-0.05, 0) is 53.8 Å².